The van der Waals surface area contributed by atoms with Gasteiger partial charge in [-0.05, 0) is 48.4 Å². The summed E-state index contributed by atoms with van der Waals surface area (Å²) >= 11 is 1.22. The number of sulfonamides is 1. The van der Waals surface area contributed by atoms with Gasteiger partial charge < -0.3 is 9.64 Å². The van der Waals surface area contributed by atoms with Gasteiger partial charge in [0.25, 0.3) is 10.0 Å². The first-order chi connectivity index (χ1) is 17.4. The Morgan fingerprint density at radius 2 is 1.86 bits per heavy atom. The molecule has 1 atom stereocenters. The van der Waals surface area contributed by atoms with E-state index in [0.29, 0.717) is 17.4 Å². The van der Waals surface area contributed by atoms with E-state index in [1.807, 2.05) is 12.1 Å². The zero-order chi connectivity index (χ0) is 25.1. The number of anilines is 2. The number of methoxy groups -OCH3 is 1. The molecular weight excluding hydrogens is 498 g/mol. The molecule has 2 aromatic carbocycles. The van der Waals surface area contributed by atoms with Crippen LogP contribution in [-0.2, 0) is 21.4 Å². The summed E-state index contributed by atoms with van der Waals surface area (Å²) in [6.07, 6.45) is 2.31. The van der Waals surface area contributed by atoms with Crippen molar-refractivity contribution in [3.63, 3.8) is 0 Å². The van der Waals surface area contributed by atoms with Gasteiger partial charge in [0.1, 0.15) is 5.75 Å². The molecule has 0 saturated carbocycles. The molecule has 2 aliphatic rings. The van der Waals surface area contributed by atoms with Crippen LogP contribution < -0.4 is 14.4 Å². The molecule has 1 aromatic heterocycles. The monoisotopic (exact) mass is 527 g/mol. The topological polar surface area (TPSA) is 95.1 Å². The van der Waals surface area contributed by atoms with Gasteiger partial charge in [-0.1, -0.05) is 12.1 Å². The molecule has 0 unspecified atom stereocenters. The van der Waals surface area contributed by atoms with Gasteiger partial charge in [-0.15, -0.1) is 11.3 Å². The molecule has 9 nitrogen and oxygen atoms in total. The second-order valence-corrected chi connectivity index (χ2v) is 11.5. The number of thiazole rings is 1. The standard InChI is InChI=1S/C25H29N5O4S2/c1-34-21-4-2-3-19(17-21)18-28-12-14-29(15-13-28)23-9-11-30(24(23)31)20-5-7-22(8-6-20)36(32,33)27-25-26-10-16-35-25/h2-8,10,16-17,23H,9,11-15,18H2,1H3,(H,26,27)/t23-/m0/s1. The molecule has 0 bridgehead atoms. The van der Waals surface area contributed by atoms with Gasteiger partial charge in [-0.2, -0.15) is 0 Å². The quantitative estimate of drug-likeness (QED) is 0.481. The van der Waals surface area contributed by atoms with Crippen molar-refractivity contribution in [2.45, 2.75) is 23.9 Å². The Balaban J connectivity index is 1.17. The molecule has 3 heterocycles. The molecule has 2 saturated heterocycles. The van der Waals surface area contributed by atoms with Crippen LogP contribution in [0.25, 0.3) is 0 Å². The third-order valence-electron chi connectivity index (χ3n) is 6.68. The third kappa shape index (κ3) is 5.39. The van der Waals surface area contributed by atoms with Gasteiger partial charge in [0.15, 0.2) is 5.13 Å². The second-order valence-electron chi connectivity index (χ2n) is 8.89. The fourth-order valence-electron chi connectivity index (χ4n) is 4.78. The van der Waals surface area contributed by atoms with E-state index in [1.54, 1.807) is 35.7 Å². The number of ether oxygens (including phenoxy) is 1. The molecular formula is C25H29N5O4S2. The van der Waals surface area contributed by atoms with Crippen molar-refractivity contribution in [3.05, 3.63) is 65.7 Å². The number of hydrogen-bond acceptors (Lipinski definition) is 8. The minimum atomic E-state index is -3.72. The van der Waals surface area contributed by atoms with Crippen LogP contribution in [0.15, 0.2) is 65.0 Å². The summed E-state index contributed by atoms with van der Waals surface area (Å²) in [5.74, 6) is 0.942. The van der Waals surface area contributed by atoms with E-state index >= 15 is 0 Å². The first-order valence-electron chi connectivity index (χ1n) is 11.9. The van der Waals surface area contributed by atoms with Crippen molar-refractivity contribution in [1.82, 2.24) is 14.8 Å². The van der Waals surface area contributed by atoms with Gasteiger partial charge in [0, 0.05) is 56.5 Å². The van der Waals surface area contributed by atoms with Crippen LogP contribution in [0.3, 0.4) is 0 Å². The molecule has 2 fully saturated rings. The lowest BCUT2D eigenvalue weighted by Crippen LogP contribution is -2.52. The highest BCUT2D eigenvalue weighted by Gasteiger charge is 2.37. The minimum Gasteiger partial charge on any atom is -0.497 e. The Morgan fingerprint density at radius 1 is 1.08 bits per heavy atom. The fourth-order valence-corrected chi connectivity index (χ4v) is 6.56. The maximum absolute atomic E-state index is 13.3. The number of piperazine rings is 1. The maximum atomic E-state index is 13.3. The molecule has 0 aliphatic carbocycles. The number of carbonyl (C=O) groups excluding carboxylic acids is 1. The lowest BCUT2D eigenvalue weighted by Gasteiger charge is -2.37. The predicted molar refractivity (Wildman–Crippen MR) is 140 cm³/mol. The summed E-state index contributed by atoms with van der Waals surface area (Å²) in [6.45, 7) is 4.97. The highest BCUT2D eigenvalue weighted by atomic mass is 32.2. The summed E-state index contributed by atoms with van der Waals surface area (Å²) in [4.78, 5) is 23.8. The zero-order valence-corrected chi connectivity index (χ0v) is 21.7. The van der Waals surface area contributed by atoms with Crippen molar-refractivity contribution < 1.29 is 17.9 Å². The van der Waals surface area contributed by atoms with E-state index in [0.717, 1.165) is 44.9 Å². The third-order valence-corrected chi connectivity index (χ3v) is 8.85. The lowest BCUT2D eigenvalue weighted by atomic mass is 10.1. The number of nitrogens with zero attached hydrogens (tertiary/aromatic N) is 4. The average molecular weight is 528 g/mol. The maximum Gasteiger partial charge on any atom is 0.263 e. The van der Waals surface area contributed by atoms with E-state index in [-0.39, 0.29) is 16.8 Å². The minimum absolute atomic E-state index is 0.0766. The summed E-state index contributed by atoms with van der Waals surface area (Å²) in [5, 5.41) is 2.02. The van der Waals surface area contributed by atoms with Crippen LogP contribution in [0.4, 0.5) is 10.8 Å². The number of benzene rings is 2. The molecule has 2 aliphatic heterocycles. The van der Waals surface area contributed by atoms with Crippen LogP contribution >= 0.6 is 11.3 Å². The van der Waals surface area contributed by atoms with Crippen molar-refractivity contribution >= 4 is 38.1 Å². The molecule has 0 spiro atoms. The lowest BCUT2D eigenvalue weighted by molar-refractivity contribution is -0.122. The first kappa shape index (κ1) is 24.7. The fraction of sp³-hybridized carbons (Fsp3) is 0.360. The van der Waals surface area contributed by atoms with Gasteiger partial charge in [-0.25, -0.2) is 13.4 Å². The molecule has 190 valence electrons. The number of nitrogens with one attached hydrogen (secondary N) is 1. The van der Waals surface area contributed by atoms with Gasteiger partial charge in [-0.3, -0.25) is 19.3 Å². The van der Waals surface area contributed by atoms with E-state index in [1.165, 1.54) is 29.0 Å². The Morgan fingerprint density at radius 3 is 2.56 bits per heavy atom. The van der Waals surface area contributed by atoms with E-state index in [4.69, 9.17) is 4.74 Å². The van der Waals surface area contributed by atoms with Crippen LogP contribution in [0.1, 0.15) is 12.0 Å². The smallest absolute Gasteiger partial charge is 0.263 e. The van der Waals surface area contributed by atoms with Crippen LogP contribution in [0, 0.1) is 0 Å². The van der Waals surface area contributed by atoms with Gasteiger partial charge in [0.05, 0.1) is 18.0 Å². The van der Waals surface area contributed by atoms with Crippen molar-refractivity contribution in [1.29, 1.82) is 0 Å². The van der Waals surface area contributed by atoms with E-state index in [2.05, 4.69) is 31.6 Å². The van der Waals surface area contributed by atoms with Crippen LogP contribution in [-0.4, -0.2) is 75.0 Å². The normalized spacial score (nSPS) is 19.5. The van der Waals surface area contributed by atoms with E-state index < -0.39 is 10.0 Å². The van der Waals surface area contributed by atoms with Crippen LogP contribution in [0.2, 0.25) is 0 Å². The highest BCUT2D eigenvalue weighted by Crippen LogP contribution is 2.27. The molecule has 5 rings (SSSR count). The molecule has 0 radical (unpaired) electrons. The molecule has 1 N–H and O–H groups in total. The Kier molecular flexibility index (Phi) is 7.24. The highest BCUT2D eigenvalue weighted by molar-refractivity contribution is 7.93. The summed E-state index contributed by atoms with van der Waals surface area (Å²) in [7, 11) is -2.04. The van der Waals surface area contributed by atoms with Gasteiger partial charge >= 0.3 is 0 Å². The van der Waals surface area contributed by atoms with Gasteiger partial charge in [0.2, 0.25) is 5.91 Å². The molecule has 11 heteroatoms. The Labute approximate surface area is 215 Å². The van der Waals surface area contributed by atoms with Crippen molar-refractivity contribution in [2.75, 3.05) is 49.5 Å². The van der Waals surface area contributed by atoms with E-state index in [9.17, 15) is 13.2 Å². The van der Waals surface area contributed by atoms with Crippen molar-refractivity contribution in [2.24, 2.45) is 0 Å². The van der Waals surface area contributed by atoms with Crippen LogP contribution in [0.5, 0.6) is 5.75 Å². The predicted octanol–water partition coefficient (Wildman–Crippen LogP) is 2.88. The Hall–Kier alpha value is -2.99. The second kappa shape index (κ2) is 10.6. The number of hydrogen-bond donors (Lipinski definition) is 1. The molecule has 3 aromatic rings. The number of rotatable bonds is 8. The molecule has 36 heavy (non-hydrogen) atoms. The number of carbonyl (C=O) groups is 1. The summed E-state index contributed by atoms with van der Waals surface area (Å²) in [5.41, 5.74) is 1.94. The summed E-state index contributed by atoms with van der Waals surface area (Å²) in [6, 6.07) is 14.5. The SMILES string of the molecule is COc1cccc(CN2CCN([C@H]3CCN(c4ccc(S(=O)(=O)Nc5nccs5)cc4)C3=O)CC2)c1. The first-order valence-corrected chi connectivity index (χ1v) is 14.2. The molecule has 1 amide bonds. The number of amides is 1. The Bertz CT molecular complexity index is 1290. The zero-order valence-electron chi connectivity index (χ0n) is 20.0. The number of aromatic nitrogens is 1. The average Bonchev–Trinajstić information content (AvgIpc) is 3.54. The van der Waals surface area contributed by atoms with Crippen molar-refractivity contribution in [3.8, 4) is 5.75 Å². The summed E-state index contributed by atoms with van der Waals surface area (Å²) < 4.78 is 33.0. The largest absolute Gasteiger partial charge is 0.497 e.